The lowest BCUT2D eigenvalue weighted by molar-refractivity contribution is -0.120. The monoisotopic (exact) mass is 417 g/mol. The zero-order valence-corrected chi connectivity index (χ0v) is 17.4. The second-order valence-electron chi connectivity index (χ2n) is 7.39. The number of benzene rings is 2. The predicted molar refractivity (Wildman–Crippen MR) is 118 cm³/mol. The summed E-state index contributed by atoms with van der Waals surface area (Å²) in [7, 11) is 0. The Morgan fingerprint density at radius 3 is 2.39 bits per heavy atom. The van der Waals surface area contributed by atoms with Crippen LogP contribution in [-0.4, -0.2) is 47.0 Å². The summed E-state index contributed by atoms with van der Waals surface area (Å²) in [5.41, 5.74) is 3.63. The first-order valence-electron chi connectivity index (χ1n) is 10.0. The van der Waals surface area contributed by atoms with Gasteiger partial charge >= 0.3 is 0 Å². The highest BCUT2D eigenvalue weighted by Crippen LogP contribution is 2.21. The van der Waals surface area contributed by atoms with Gasteiger partial charge in [0.15, 0.2) is 0 Å². The van der Waals surface area contributed by atoms with E-state index in [9.17, 15) is 14.4 Å². The lowest BCUT2D eigenvalue weighted by Gasteiger charge is -2.28. The molecule has 31 heavy (non-hydrogen) atoms. The molecule has 1 aliphatic rings. The molecule has 8 nitrogen and oxygen atoms in total. The van der Waals surface area contributed by atoms with E-state index in [1.165, 1.54) is 0 Å². The first-order valence-corrected chi connectivity index (χ1v) is 10.0. The highest BCUT2D eigenvalue weighted by molar-refractivity contribution is 6.47. The van der Waals surface area contributed by atoms with Gasteiger partial charge in [0.25, 0.3) is 11.7 Å². The van der Waals surface area contributed by atoms with Crippen molar-refractivity contribution in [2.24, 2.45) is 0 Å². The van der Waals surface area contributed by atoms with Gasteiger partial charge in [-0.05, 0) is 50.2 Å². The van der Waals surface area contributed by atoms with Crippen molar-refractivity contribution in [1.82, 2.24) is 15.1 Å². The maximum Gasteiger partial charge on any atom is 0.296 e. The van der Waals surface area contributed by atoms with Crippen LogP contribution in [0.3, 0.4) is 0 Å². The fourth-order valence-electron chi connectivity index (χ4n) is 3.71. The number of Topliss-reactive ketones (excluding diaryl/α,β-unsaturated/α-hetero) is 1. The van der Waals surface area contributed by atoms with Crippen molar-refractivity contribution in [2.75, 3.05) is 29.9 Å². The van der Waals surface area contributed by atoms with E-state index in [2.05, 4.69) is 15.7 Å². The zero-order chi connectivity index (χ0) is 22.0. The summed E-state index contributed by atoms with van der Waals surface area (Å²) in [6, 6.07) is 16.5. The maximum absolute atomic E-state index is 12.9. The lowest BCUT2D eigenvalue weighted by Crippen LogP contribution is -2.47. The van der Waals surface area contributed by atoms with Gasteiger partial charge in [0.05, 0.1) is 29.2 Å². The Morgan fingerprint density at radius 1 is 1.00 bits per heavy atom. The fraction of sp³-hybridized carbons (Fsp3) is 0.217. The molecule has 0 radical (unpaired) electrons. The van der Waals surface area contributed by atoms with Crippen LogP contribution in [0, 0.1) is 13.8 Å². The number of nitrogens with zero attached hydrogens (tertiary/aromatic N) is 3. The van der Waals surface area contributed by atoms with Crippen molar-refractivity contribution in [2.45, 2.75) is 13.8 Å². The number of hydrogen-bond acceptors (Lipinski definition) is 5. The summed E-state index contributed by atoms with van der Waals surface area (Å²) < 4.78 is 1.67. The Balaban J connectivity index is 1.49. The van der Waals surface area contributed by atoms with Crippen molar-refractivity contribution in [3.63, 3.8) is 0 Å². The van der Waals surface area contributed by atoms with E-state index < -0.39 is 11.7 Å². The second-order valence-corrected chi connectivity index (χ2v) is 7.39. The van der Waals surface area contributed by atoms with E-state index >= 15 is 0 Å². The molecule has 2 amide bonds. The number of aryl methyl sites for hydroxylation is 1. The summed E-state index contributed by atoms with van der Waals surface area (Å²) in [4.78, 5) is 39.0. The highest BCUT2D eigenvalue weighted by Gasteiger charge is 2.25. The average Bonchev–Trinajstić information content (AvgIpc) is 3.08. The molecule has 2 aromatic carbocycles. The van der Waals surface area contributed by atoms with Gasteiger partial charge in [-0.2, -0.15) is 5.10 Å². The molecule has 158 valence electrons. The van der Waals surface area contributed by atoms with Crippen LogP contribution >= 0.6 is 0 Å². The highest BCUT2D eigenvalue weighted by atomic mass is 16.2. The van der Waals surface area contributed by atoms with E-state index in [-0.39, 0.29) is 5.91 Å². The SMILES string of the molecule is Cc1nn(-c2ccccc2)c(C)c1C(=O)C(=O)Nc1ccc(N2CCNC(=O)C2)cc1. The Morgan fingerprint density at radius 2 is 1.71 bits per heavy atom. The van der Waals surface area contributed by atoms with Gasteiger partial charge in [0.1, 0.15) is 0 Å². The van der Waals surface area contributed by atoms with Gasteiger partial charge in [-0.25, -0.2) is 4.68 Å². The number of amides is 2. The van der Waals surface area contributed by atoms with Crippen molar-refractivity contribution in [3.05, 3.63) is 71.5 Å². The molecule has 8 heteroatoms. The molecule has 0 atom stereocenters. The third-order valence-corrected chi connectivity index (χ3v) is 5.25. The minimum Gasteiger partial charge on any atom is -0.360 e. The zero-order valence-electron chi connectivity index (χ0n) is 17.4. The Kier molecular flexibility index (Phi) is 5.53. The van der Waals surface area contributed by atoms with E-state index in [1.54, 1.807) is 30.7 Å². The Bertz CT molecular complexity index is 1140. The van der Waals surface area contributed by atoms with Crippen LogP contribution in [0.4, 0.5) is 11.4 Å². The topological polar surface area (TPSA) is 96.3 Å². The third-order valence-electron chi connectivity index (χ3n) is 5.25. The van der Waals surface area contributed by atoms with Gasteiger partial charge in [0.2, 0.25) is 5.91 Å². The smallest absolute Gasteiger partial charge is 0.296 e. The van der Waals surface area contributed by atoms with Crippen LogP contribution in [0.1, 0.15) is 21.7 Å². The van der Waals surface area contributed by atoms with Crippen LogP contribution in [0.15, 0.2) is 54.6 Å². The second kappa shape index (κ2) is 8.43. The summed E-state index contributed by atoms with van der Waals surface area (Å²) in [5.74, 6) is -1.37. The van der Waals surface area contributed by atoms with Gasteiger partial charge in [-0.15, -0.1) is 0 Å². The van der Waals surface area contributed by atoms with Crippen molar-refractivity contribution in [1.29, 1.82) is 0 Å². The van der Waals surface area contributed by atoms with Crippen molar-refractivity contribution < 1.29 is 14.4 Å². The molecular weight excluding hydrogens is 394 g/mol. The van der Waals surface area contributed by atoms with Gasteiger partial charge in [-0.3, -0.25) is 14.4 Å². The summed E-state index contributed by atoms with van der Waals surface area (Å²) in [6.45, 7) is 5.11. The van der Waals surface area contributed by atoms with Gasteiger partial charge in [0, 0.05) is 24.5 Å². The number of carbonyl (C=O) groups excluding carboxylic acids is 3. The number of carbonyl (C=O) groups is 3. The van der Waals surface area contributed by atoms with E-state index in [0.29, 0.717) is 35.7 Å². The Labute approximate surface area is 179 Å². The standard InChI is InChI=1S/C23H23N5O3/c1-15-21(16(2)28(26-15)19-6-4-3-5-7-19)22(30)23(31)25-17-8-10-18(11-9-17)27-13-12-24-20(29)14-27/h3-11H,12-14H2,1-2H3,(H,24,29)(H,25,31). The van der Waals surface area contributed by atoms with Crippen LogP contribution in [0.25, 0.3) is 5.69 Å². The number of hydrogen-bond donors (Lipinski definition) is 2. The summed E-state index contributed by atoms with van der Waals surface area (Å²) in [6.07, 6.45) is 0. The van der Waals surface area contributed by atoms with E-state index in [0.717, 1.165) is 17.9 Å². The van der Waals surface area contributed by atoms with E-state index in [1.807, 2.05) is 47.4 Å². The molecule has 0 aliphatic carbocycles. The molecule has 0 unspecified atom stereocenters. The molecule has 1 saturated heterocycles. The molecule has 0 bridgehead atoms. The minimum atomic E-state index is -0.719. The average molecular weight is 417 g/mol. The lowest BCUT2D eigenvalue weighted by atomic mass is 10.1. The predicted octanol–water partition coefficient (Wildman–Crippen LogP) is 2.25. The molecule has 1 aliphatic heterocycles. The normalized spacial score (nSPS) is 13.6. The molecule has 2 N–H and O–H groups in total. The molecule has 4 rings (SSSR count). The van der Waals surface area contributed by atoms with Crippen LogP contribution in [0.2, 0.25) is 0 Å². The number of anilines is 2. The first kappa shape index (κ1) is 20.3. The number of ketones is 1. The van der Waals surface area contributed by atoms with Crippen molar-refractivity contribution >= 4 is 29.0 Å². The number of aromatic nitrogens is 2. The quantitative estimate of drug-likeness (QED) is 0.490. The molecule has 3 aromatic rings. The summed E-state index contributed by atoms with van der Waals surface area (Å²) >= 11 is 0. The molecular formula is C23H23N5O3. The van der Waals surface area contributed by atoms with Crippen LogP contribution < -0.4 is 15.5 Å². The third kappa shape index (κ3) is 4.18. The number of rotatable bonds is 5. The maximum atomic E-state index is 12.9. The van der Waals surface area contributed by atoms with Crippen LogP contribution in [0.5, 0.6) is 0 Å². The molecule has 0 spiro atoms. The van der Waals surface area contributed by atoms with E-state index in [4.69, 9.17) is 0 Å². The van der Waals surface area contributed by atoms with Gasteiger partial charge < -0.3 is 15.5 Å². The molecule has 1 aromatic heterocycles. The number of nitrogens with one attached hydrogen (secondary N) is 2. The minimum absolute atomic E-state index is 0.0176. The fourth-order valence-corrected chi connectivity index (χ4v) is 3.71. The first-order chi connectivity index (χ1) is 14.9. The molecule has 1 fully saturated rings. The number of piperazine rings is 1. The van der Waals surface area contributed by atoms with Crippen molar-refractivity contribution in [3.8, 4) is 5.69 Å². The molecule has 0 saturated carbocycles. The largest absolute Gasteiger partial charge is 0.360 e. The summed E-state index contributed by atoms with van der Waals surface area (Å²) in [5, 5.41) is 9.88. The molecule has 2 heterocycles. The Hall–Kier alpha value is -3.94. The number of para-hydroxylation sites is 1. The van der Waals surface area contributed by atoms with Gasteiger partial charge in [-0.1, -0.05) is 18.2 Å². The van der Waals surface area contributed by atoms with Crippen LogP contribution in [-0.2, 0) is 9.59 Å².